The zero-order chi connectivity index (χ0) is 36.9. The summed E-state index contributed by atoms with van der Waals surface area (Å²) in [4.78, 5) is 0. The van der Waals surface area contributed by atoms with Crippen LogP contribution in [0.2, 0.25) is 0 Å². The van der Waals surface area contributed by atoms with E-state index in [0.29, 0.717) is 16.3 Å². The van der Waals surface area contributed by atoms with E-state index in [2.05, 4.69) is 43.0 Å². The Hall–Kier alpha value is -7.32. The average Bonchev–Trinajstić information content (AvgIpc) is 3.59. The topological polar surface area (TPSA) is 155 Å². The van der Waals surface area contributed by atoms with E-state index < -0.39 is 45.8 Å². The Kier molecular flexibility index (Phi) is 6.77. The van der Waals surface area contributed by atoms with Crippen molar-refractivity contribution in [3.05, 3.63) is 115 Å². The van der Waals surface area contributed by atoms with Crippen LogP contribution in [0.4, 0.5) is 0 Å². The maximum Gasteiger partial charge on any atom is 0.208 e. The molecule has 0 saturated carbocycles. The third-order valence-corrected chi connectivity index (χ3v) is 10.3. The monoisotopic (exact) mass is 698 g/mol. The number of furan rings is 1. The van der Waals surface area contributed by atoms with Gasteiger partial charge in [0.1, 0.15) is 0 Å². The lowest BCUT2D eigenvalue weighted by atomic mass is 9.84. The number of allylic oxidation sites excluding steroid dienone is 1. The van der Waals surface area contributed by atoms with Gasteiger partial charge in [0.15, 0.2) is 28.4 Å². The molecule has 0 spiro atoms. The number of benzene rings is 8. The maximum absolute atomic E-state index is 11.6. The predicted octanol–water partition coefficient (Wildman–Crippen LogP) is 11.1. The normalized spacial score (nSPS) is 12.0. The van der Waals surface area contributed by atoms with E-state index >= 15 is 0 Å². The minimum atomic E-state index is -1.05. The molecule has 0 aliphatic carbocycles. The van der Waals surface area contributed by atoms with Gasteiger partial charge in [-0.2, -0.15) is 0 Å². The van der Waals surface area contributed by atoms with Gasteiger partial charge < -0.3 is 40.2 Å². The van der Waals surface area contributed by atoms with Crippen molar-refractivity contribution in [2.45, 2.75) is 6.92 Å². The molecule has 0 fully saturated rings. The fourth-order valence-electron chi connectivity index (χ4n) is 8.04. The predicted molar refractivity (Wildman–Crippen MR) is 211 cm³/mol. The molecule has 1 heterocycles. The summed E-state index contributed by atoms with van der Waals surface area (Å²) in [5.41, 5.74) is 3.69. The SMILES string of the molecule is C=Cc1c(/C=C\C)c2ccc(-c3c4ccccc4c(-c4c(O)c(O)c(O)c5c4oc4c(O)c(O)c(O)c(O)c45)c4ccccc34)cc2c2ccccc12. The Morgan fingerprint density at radius 2 is 0.943 bits per heavy atom. The van der Waals surface area contributed by atoms with Gasteiger partial charge in [0.05, 0.1) is 16.3 Å². The Labute approximate surface area is 300 Å². The lowest BCUT2D eigenvalue weighted by molar-refractivity contribution is 0.348. The summed E-state index contributed by atoms with van der Waals surface area (Å²) in [5, 5.41) is 82.8. The number of fused-ring (bicyclic) bond motifs is 8. The van der Waals surface area contributed by atoms with Gasteiger partial charge in [0, 0.05) is 5.56 Å². The van der Waals surface area contributed by atoms with Crippen LogP contribution in [-0.2, 0) is 0 Å². The van der Waals surface area contributed by atoms with E-state index in [1.807, 2.05) is 79.7 Å². The second-order valence-electron chi connectivity index (χ2n) is 13.0. The summed E-state index contributed by atoms with van der Waals surface area (Å²) in [7, 11) is 0. The van der Waals surface area contributed by atoms with Gasteiger partial charge in [-0.1, -0.05) is 110 Å². The summed E-state index contributed by atoms with van der Waals surface area (Å²) >= 11 is 0. The highest BCUT2D eigenvalue weighted by atomic mass is 16.4. The van der Waals surface area contributed by atoms with Gasteiger partial charge in [0.25, 0.3) is 0 Å². The van der Waals surface area contributed by atoms with Gasteiger partial charge in [-0.25, -0.2) is 0 Å². The van der Waals surface area contributed by atoms with Crippen LogP contribution in [0.5, 0.6) is 40.2 Å². The van der Waals surface area contributed by atoms with Crippen LogP contribution >= 0.6 is 0 Å². The van der Waals surface area contributed by atoms with Crippen LogP contribution in [0.1, 0.15) is 18.1 Å². The lowest BCUT2D eigenvalue weighted by Crippen LogP contribution is -1.93. The van der Waals surface area contributed by atoms with Gasteiger partial charge in [0.2, 0.25) is 23.0 Å². The van der Waals surface area contributed by atoms with Gasteiger partial charge in [-0.05, 0) is 78.3 Å². The molecule has 9 rings (SSSR count). The Morgan fingerprint density at radius 3 is 1.53 bits per heavy atom. The van der Waals surface area contributed by atoms with Crippen molar-refractivity contribution in [3.63, 3.8) is 0 Å². The van der Waals surface area contributed by atoms with Crippen LogP contribution < -0.4 is 0 Å². The Morgan fingerprint density at radius 1 is 0.453 bits per heavy atom. The highest BCUT2D eigenvalue weighted by Gasteiger charge is 2.32. The molecule has 1 aromatic heterocycles. The molecule has 0 amide bonds. The third-order valence-electron chi connectivity index (χ3n) is 10.3. The molecule has 8 aromatic carbocycles. The number of phenolic OH excluding ortho intramolecular Hbond substituents is 7. The molecule has 0 bridgehead atoms. The van der Waals surface area contributed by atoms with Crippen molar-refractivity contribution in [1.82, 2.24) is 0 Å². The molecular formula is C45H30O8. The largest absolute Gasteiger partial charge is 0.504 e. The van der Waals surface area contributed by atoms with E-state index in [1.165, 1.54) is 0 Å². The van der Waals surface area contributed by atoms with Gasteiger partial charge >= 0.3 is 0 Å². The van der Waals surface area contributed by atoms with Crippen molar-refractivity contribution in [1.29, 1.82) is 0 Å². The lowest BCUT2D eigenvalue weighted by Gasteiger charge is -2.20. The second-order valence-corrected chi connectivity index (χ2v) is 13.0. The molecule has 0 aliphatic heterocycles. The number of hydrogen-bond acceptors (Lipinski definition) is 8. The molecule has 9 aromatic rings. The van der Waals surface area contributed by atoms with E-state index in [9.17, 15) is 35.7 Å². The quantitative estimate of drug-likeness (QED) is 0.0414. The highest BCUT2D eigenvalue weighted by molar-refractivity contribution is 6.28. The van der Waals surface area contributed by atoms with E-state index in [0.717, 1.165) is 54.6 Å². The molecule has 8 nitrogen and oxygen atoms in total. The zero-order valence-electron chi connectivity index (χ0n) is 28.1. The van der Waals surface area contributed by atoms with E-state index in [-0.39, 0.29) is 21.9 Å². The zero-order valence-corrected chi connectivity index (χ0v) is 28.1. The molecule has 0 aliphatic rings. The summed E-state index contributed by atoms with van der Waals surface area (Å²) in [6, 6.07) is 29.9. The number of hydrogen-bond donors (Lipinski definition) is 7. The molecule has 53 heavy (non-hydrogen) atoms. The van der Waals surface area contributed by atoms with Crippen LogP contribution in [0.3, 0.4) is 0 Å². The number of rotatable bonds is 4. The van der Waals surface area contributed by atoms with Crippen LogP contribution in [0.25, 0.3) is 99.4 Å². The highest BCUT2D eigenvalue weighted by Crippen LogP contribution is 2.60. The fraction of sp³-hybridized carbons (Fsp3) is 0.0222. The number of aromatic hydroxyl groups is 7. The summed E-state index contributed by atoms with van der Waals surface area (Å²) in [5.74, 6) is -6.36. The smallest absolute Gasteiger partial charge is 0.208 e. The summed E-state index contributed by atoms with van der Waals surface area (Å²) < 4.78 is 6.03. The van der Waals surface area contributed by atoms with Crippen molar-refractivity contribution < 1.29 is 40.2 Å². The van der Waals surface area contributed by atoms with Crippen LogP contribution in [-0.4, -0.2) is 35.7 Å². The minimum absolute atomic E-state index is 0.0410. The molecule has 7 N–H and O–H groups in total. The molecule has 0 atom stereocenters. The number of phenols is 7. The first-order valence-electron chi connectivity index (χ1n) is 16.8. The van der Waals surface area contributed by atoms with Crippen molar-refractivity contribution in [2.75, 3.05) is 0 Å². The standard InChI is InChI=1S/C45H30O8/c1-3-11-23-22(4-2)24-12-5-6-13-25(24)31-20-21(18-19-26(23)31)32-27-14-7-9-16-29(27)33(30-17-10-8-15-28(30)32)34-37(46)40(49)38(47)35-36-39(48)41(50)42(51)43(52)45(36)53-44(34)35/h3-20,46-52H,2H2,1H3/b11-3-. The molecule has 258 valence electrons. The van der Waals surface area contributed by atoms with E-state index in [4.69, 9.17) is 4.42 Å². The van der Waals surface area contributed by atoms with E-state index in [1.54, 1.807) is 0 Å². The van der Waals surface area contributed by atoms with Crippen molar-refractivity contribution in [2.24, 2.45) is 0 Å². The molecule has 0 unspecified atom stereocenters. The van der Waals surface area contributed by atoms with Gasteiger partial charge in [-0.3, -0.25) is 0 Å². The first kappa shape index (κ1) is 31.6. The van der Waals surface area contributed by atoms with Crippen LogP contribution in [0, 0.1) is 0 Å². The maximum atomic E-state index is 11.6. The first-order chi connectivity index (χ1) is 25.7. The van der Waals surface area contributed by atoms with Crippen molar-refractivity contribution in [3.8, 4) is 62.5 Å². The van der Waals surface area contributed by atoms with Crippen molar-refractivity contribution >= 4 is 77.2 Å². The summed E-state index contributed by atoms with van der Waals surface area (Å²) in [6.07, 6.45) is 6.02. The molecular weight excluding hydrogens is 668 g/mol. The first-order valence-corrected chi connectivity index (χ1v) is 16.8. The fourth-order valence-corrected chi connectivity index (χ4v) is 8.04. The summed E-state index contributed by atoms with van der Waals surface area (Å²) in [6.45, 7) is 6.12. The third kappa shape index (κ3) is 4.17. The van der Waals surface area contributed by atoms with Crippen LogP contribution in [0.15, 0.2) is 108 Å². The molecule has 8 heteroatoms. The van der Waals surface area contributed by atoms with Gasteiger partial charge in [-0.15, -0.1) is 0 Å². The molecule has 0 saturated heterocycles. The molecule has 0 radical (unpaired) electrons. The Bertz CT molecular complexity index is 3060. The minimum Gasteiger partial charge on any atom is -0.504 e. The average molecular weight is 699 g/mol. The Balaban J connectivity index is 1.44. The second kappa shape index (κ2) is 11.3.